The number of alkyl carbamates (subject to hydrolysis) is 1. The lowest BCUT2D eigenvalue weighted by Crippen LogP contribution is -2.67. The van der Waals surface area contributed by atoms with E-state index in [0.717, 1.165) is 0 Å². The zero-order valence-electron chi connectivity index (χ0n) is 12.6. The van der Waals surface area contributed by atoms with Crippen LogP contribution in [0.1, 0.15) is 39.5 Å². The lowest BCUT2D eigenvalue weighted by molar-refractivity contribution is -0.273. The molecule has 0 spiro atoms. The Labute approximate surface area is 124 Å². The summed E-state index contributed by atoms with van der Waals surface area (Å²) in [5.74, 6) is -0.792. The highest BCUT2D eigenvalue weighted by molar-refractivity contribution is 5.77. The zero-order valence-corrected chi connectivity index (χ0v) is 12.6. The molecule has 0 unspecified atom stereocenters. The number of hydrogen-bond acceptors (Lipinski definition) is 4. The second-order valence-electron chi connectivity index (χ2n) is 6.42. The maximum absolute atomic E-state index is 11.7. The highest BCUT2D eigenvalue weighted by Crippen LogP contribution is 2.57. The number of carbonyl (C=O) groups excluding carboxylic acids is 1. The van der Waals surface area contributed by atoms with E-state index in [2.05, 4.69) is 11.9 Å². The van der Waals surface area contributed by atoms with Crippen LogP contribution in [0.3, 0.4) is 0 Å². The van der Waals surface area contributed by atoms with Gasteiger partial charge in [-0.25, -0.2) is 4.79 Å². The fraction of sp³-hybridized carbons (Fsp3) is 0.733. The number of fused-ring (bicyclic) bond motifs is 3. The molecule has 1 aliphatic carbocycles. The number of nitrogens with one attached hydrogen (secondary N) is 1. The Morgan fingerprint density at radius 3 is 2.43 bits per heavy atom. The van der Waals surface area contributed by atoms with Crippen molar-refractivity contribution in [1.29, 1.82) is 0 Å². The van der Waals surface area contributed by atoms with Gasteiger partial charge in [-0.05, 0) is 39.5 Å². The molecular formula is C15H23NO5. The molecule has 0 atom stereocenters. The van der Waals surface area contributed by atoms with Crippen molar-refractivity contribution in [1.82, 2.24) is 5.32 Å². The Morgan fingerprint density at radius 2 is 1.95 bits per heavy atom. The lowest BCUT2D eigenvalue weighted by Gasteiger charge is -2.59. The fourth-order valence-corrected chi connectivity index (χ4v) is 3.58. The van der Waals surface area contributed by atoms with E-state index in [1.54, 1.807) is 0 Å². The van der Waals surface area contributed by atoms with Gasteiger partial charge in [-0.1, -0.05) is 12.7 Å². The highest BCUT2D eigenvalue weighted by atomic mass is 16.6. The van der Waals surface area contributed by atoms with E-state index >= 15 is 0 Å². The van der Waals surface area contributed by atoms with Crippen molar-refractivity contribution < 1.29 is 24.2 Å². The first-order valence-corrected chi connectivity index (χ1v) is 7.22. The molecule has 0 aromatic heterocycles. The molecule has 2 N–H and O–H groups in total. The second kappa shape index (κ2) is 5.33. The molecule has 6 heteroatoms. The average molecular weight is 297 g/mol. The van der Waals surface area contributed by atoms with Crippen molar-refractivity contribution in [2.75, 3.05) is 13.2 Å². The minimum atomic E-state index is -0.821. The van der Waals surface area contributed by atoms with Crippen molar-refractivity contribution >= 4 is 12.1 Å². The molecule has 0 aromatic rings. The molecule has 1 saturated carbocycles. The number of rotatable bonds is 5. The third-order valence-electron chi connectivity index (χ3n) is 4.94. The van der Waals surface area contributed by atoms with Crippen LogP contribution in [0, 0.1) is 5.41 Å². The minimum absolute atomic E-state index is 0.160. The van der Waals surface area contributed by atoms with Crippen molar-refractivity contribution in [2.45, 2.75) is 50.7 Å². The van der Waals surface area contributed by atoms with Crippen LogP contribution >= 0.6 is 0 Å². The summed E-state index contributed by atoms with van der Waals surface area (Å²) in [4.78, 5) is 23.2. The number of carbonyl (C=O) groups is 2. The van der Waals surface area contributed by atoms with Gasteiger partial charge in [0.15, 0.2) is 0 Å². The normalized spacial score (nSPS) is 33.2. The summed E-state index contributed by atoms with van der Waals surface area (Å²) in [7, 11) is 0. The van der Waals surface area contributed by atoms with E-state index in [1.165, 1.54) is 6.08 Å². The Morgan fingerprint density at radius 1 is 1.33 bits per heavy atom. The largest absolute Gasteiger partial charge is 0.481 e. The molecule has 2 saturated heterocycles. The van der Waals surface area contributed by atoms with Crippen LogP contribution < -0.4 is 5.32 Å². The van der Waals surface area contributed by atoms with Gasteiger partial charge >= 0.3 is 12.1 Å². The third-order valence-corrected chi connectivity index (χ3v) is 4.94. The molecule has 3 fully saturated rings. The number of carboxylic acid groups (broad SMARTS) is 1. The van der Waals surface area contributed by atoms with Crippen LogP contribution in [0.25, 0.3) is 0 Å². The van der Waals surface area contributed by atoms with E-state index in [9.17, 15) is 14.7 Å². The van der Waals surface area contributed by atoms with Gasteiger partial charge in [-0.3, -0.25) is 4.79 Å². The van der Waals surface area contributed by atoms with Gasteiger partial charge in [0.2, 0.25) is 0 Å². The molecule has 3 aliphatic rings. The van der Waals surface area contributed by atoms with Gasteiger partial charge in [0, 0.05) is 6.54 Å². The van der Waals surface area contributed by atoms with E-state index < -0.39 is 28.7 Å². The maximum atomic E-state index is 11.7. The smallest absolute Gasteiger partial charge is 0.407 e. The van der Waals surface area contributed by atoms with Crippen LogP contribution in [0.5, 0.6) is 0 Å². The van der Waals surface area contributed by atoms with Gasteiger partial charge in [0.1, 0.15) is 6.61 Å². The number of carboxylic acids is 1. The van der Waals surface area contributed by atoms with E-state index in [-0.39, 0.29) is 6.61 Å². The monoisotopic (exact) mass is 297 g/mol. The molecule has 1 amide bonds. The predicted octanol–water partition coefficient (Wildman–Crippen LogP) is 2.09. The summed E-state index contributed by atoms with van der Waals surface area (Å²) in [6, 6.07) is 0. The molecule has 118 valence electrons. The summed E-state index contributed by atoms with van der Waals surface area (Å²) in [5.41, 5.74) is -2.06. The van der Waals surface area contributed by atoms with Crippen LogP contribution in [0.4, 0.5) is 4.79 Å². The third kappa shape index (κ3) is 2.64. The van der Waals surface area contributed by atoms with E-state index in [4.69, 9.17) is 9.47 Å². The quantitative estimate of drug-likeness (QED) is 0.759. The first-order valence-electron chi connectivity index (χ1n) is 7.22. The molecule has 0 aromatic carbocycles. The van der Waals surface area contributed by atoms with Gasteiger partial charge in [-0.2, -0.15) is 0 Å². The summed E-state index contributed by atoms with van der Waals surface area (Å²) < 4.78 is 11.0. The molecule has 6 nitrogen and oxygen atoms in total. The van der Waals surface area contributed by atoms with Gasteiger partial charge < -0.3 is 19.9 Å². The van der Waals surface area contributed by atoms with Crippen LogP contribution in [-0.2, 0) is 14.3 Å². The fourth-order valence-electron chi connectivity index (χ4n) is 3.58. The van der Waals surface area contributed by atoms with Crippen LogP contribution in [-0.4, -0.2) is 41.5 Å². The minimum Gasteiger partial charge on any atom is -0.481 e. The topological polar surface area (TPSA) is 84.9 Å². The van der Waals surface area contributed by atoms with Crippen molar-refractivity contribution in [3.63, 3.8) is 0 Å². The number of aliphatic carboxylic acids is 1. The number of hydrogen-bond donors (Lipinski definition) is 2. The molecule has 0 radical (unpaired) electrons. The highest BCUT2D eigenvalue weighted by Gasteiger charge is 2.63. The Bertz CT molecular complexity index is 449. The van der Waals surface area contributed by atoms with Gasteiger partial charge in [-0.15, -0.1) is 0 Å². The lowest BCUT2D eigenvalue weighted by atomic mass is 9.57. The van der Waals surface area contributed by atoms with Crippen molar-refractivity contribution in [3.05, 3.63) is 12.7 Å². The zero-order chi connectivity index (χ0) is 15.7. The first-order chi connectivity index (χ1) is 9.77. The van der Waals surface area contributed by atoms with Crippen LogP contribution in [0.15, 0.2) is 12.7 Å². The Balaban J connectivity index is 2.02. The molecule has 2 heterocycles. The molecule has 21 heavy (non-hydrogen) atoms. The SMILES string of the molecule is C=CCOC(=O)NCC12CCC(C(=O)O)(CC1)C(C)(C)O2. The molecule has 3 rings (SSSR count). The summed E-state index contributed by atoms with van der Waals surface area (Å²) in [5, 5.41) is 12.3. The van der Waals surface area contributed by atoms with Crippen LogP contribution in [0.2, 0.25) is 0 Å². The van der Waals surface area contributed by atoms with Gasteiger partial charge in [0.05, 0.1) is 16.6 Å². The summed E-state index contributed by atoms with van der Waals surface area (Å²) >= 11 is 0. The second-order valence-corrected chi connectivity index (χ2v) is 6.42. The Hall–Kier alpha value is -1.56. The molecule has 2 bridgehead atoms. The average Bonchev–Trinajstić information content (AvgIpc) is 2.42. The van der Waals surface area contributed by atoms with Gasteiger partial charge in [0.25, 0.3) is 0 Å². The predicted molar refractivity (Wildman–Crippen MR) is 76.0 cm³/mol. The molecule has 2 aliphatic heterocycles. The van der Waals surface area contributed by atoms with Crippen molar-refractivity contribution in [3.8, 4) is 0 Å². The molecular weight excluding hydrogens is 274 g/mol. The van der Waals surface area contributed by atoms with E-state index in [1.807, 2.05) is 13.8 Å². The maximum Gasteiger partial charge on any atom is 0.407 e. The summed E-state index contributed by atoms with van der Waals surface area (Å²) in [6.07, 6.45) is 3.39. The Kier molecular flexibility index (Phi) is 4.02. The van der Waals surface area contributed by atoms with Crippen molar-refractivity contribution in [2.24, 2.45) is 5.41 Å². The standard InChI is InChI=1S/C15H23NO5/c1-4-9-20-12(19)16-10-14-5-7-15(8-6-14,11(17)18)13(2,3)21-14/h4H,1,5-10H2,2-3H3,(H,16,19)(H,17,18). The number of ether oxygens (including phenoxy) is 2. The number of amides is 1. The van der Waals surface area contributed by atoms with E-state index in [0.29, 0.717) is 32.2 Å². The summed E-state index contributed by atoms with van der Waals surface area (Å²) in [6.45, 7) is 7.62. The first kappa shape index (κ1) is 15.8.